The number of imidazole rings is 1. The lowest BCUT2D eigenvalue weighted by atomic mass is 9.84. The zero-order chi connectivity index (χ0) is 31.2. The first-order valence-corrected chi connectivity index (χ1v) is 16.6. The molecule has 4 rings (SSSR count). The monoisotopic (exact) mass is 612 g/mol. The van der Waals surface area contributed by atoms with Gasteiger partial charge in [0, 0.05) is 51.0 Å². The quantitative estimate of drug-likeness (QED) is 0.336. The van der Waals surface area contributed by atoms with Crippen LogP contribution in [0.3, 0.4) is 0 Å². The maximum absolute atomic E-state index is 15.1. The molecule has 1 aromatic heterocycles. The Morgan fingerprint density at radius 3 is 2.19 bits per heavy atom. The van der Waals surface area contributed by atoms with E-state index < -0.39 is 27.7 Å². The molecule has 3 aromatic rings. The van der Waals surface area contributed by atoms with Gasteiger partial charge in [-0.1, -0.05) is 88.4 Å². The van der Waals surface area contributed by atoms with Crippen LogP contribution in [-0.2, 0) is 16.6 Å². The predicted molar refractivity (Wildman–Crippen MR) is 169 cm³/mol. The number of nitrogens with two attached hydrogens (primary N) is 1. The van der Waals surface area contributed by atoms with Gasteiger partial charge < -0.3 is 20.1 Å². The van der Waals surface area contributed by atoms with Crippen LogP contribution in [0.5, 0.6) is 0 Å². The lowest BCUT2D eigenvalue weighted by Gasteiger charge is -2.44. The number of amides is 2. The van der Waals surface area contributed by atoms with E-state index in [2.05, 4.69) is 4.57 Å². The molecule has 2 heterocycles. The molecule has 1 fully saturated rings. The molecule has 2 atom stereocenters. The van der Waals surface area contributed by atoms with E-state index >= 15 is 4.39 Å². The first-order chi connectivity index (χ1) is 20.4. The van der Waals surface area contributed by atoms with Crippen LogP contribution < -0.4 is 5.73 Å². The zero-order valence-corrected chi connectivity index (χ0v) is 26.5. The minimum atomic E-state index is -3.38. The normalized spacial score (nSPS) is 16.2. The third-order valence-electron chi connectivity index (χ3n) is 7.71. The first-order valence-electron chi connectivity index (χ1n) is 15.0. The van der Waals surface area contributed by atoms with E-state index in [4.69, 9.17) is 10.7 Å². The van der Waals surface area contributed by atoms with E-state index in [0.29, 0.717) is 18.8 Å². The largest absolute Gasteiger partial charge is 0.328 e. The van der Waals surface area contributed by atoms with Crippen LogP contribution in [0, 0.1) is 5.41 Å². The molecule has 2 aromatic carbocycles. The molecule has 0 bridgehead atoms. The predicted octanol–water partition coefficient (Wildman–Crippen LogP) is 4.76. The fraction of sp³-hybridized carbons (Fsp3) is 0.500. The number of alkyl halides is 1. The summed E-state index contributed by atoms with van der Waals surface area (Å²) in [6.45, 7) is 8.85. The molecule has 2 amide bonds. The molecule has 1 saturated heterocycles. The van der Waals surface area contributed by atoms with Gasteiger partial charge in [-0.25, -0.2) is 22.6 Å². The summed E-state index contributed by atoms with van der Waals surface area (Å²) in [6.07, 6.45) is 1.08. The Labute approximate surface area is 255 Å². The third kappa shape index (κ3) is 8.01. The maximum atomic E-state index is 15.1. The second kappa shape index (κ2) is 14.0. The van der Waals surface area contributed by atoms with Gasteiger partial charge in [0.25, 0.3) is 0 Å². The molecule has 234 valence electrons. The van der Waals surface area contributed by atoms with E-state index in [1.165, 1.54) is 4.31 Å². The number of rotatable bonds is 11. The molecule has 9 nitrogen and oxygen atoms in total. The SMILES string of the molecule is CCCS(=O)(=O)N1CCN(C(=O)N(CC(F)CN)C(c2nc(-c3ccccc3)cn2Cc2ccccc2)C(C)(C)C)CC1. The number of carbonyl (C=O) groups is 1. The molecule has 2 unspecified atom stereocenters. The Kier molecular flexibility index (Phi) is 10.6. The molecular formula is C32H45FN6O3S. The van der Waals surface area contributed by atoms with E-state index in [-0.39, 0.29) is 51.1 Å². The highest BCUT2D eigenvalue weighted by atomic mass is 32.2. The van der Waals surface area contributed by atoms with Crippen LogP contribution in [0.2, 0.25) is 0 Å². The van der Waals surface area contributed by atoms with Crippen molar-refractivity contribution < 1.29 is 17.6 Å². The van der Waals surface area contributed by atoms with Gasteiger partial charge in [0.2, 0.25) is 10.0 Å². The average Bonchev–Trinajstić information content (AvgIpc) is 3.39. The first kappa shape index (κ1) is 32.6. The molecule has 11 heteroatoms. The Bertz CT molecular complexity index is 1430. The summed E-state index contributed by atoms with van der Waals surface area (Å²) in [5, 5.41) is 0. The number of sulfonamides is 1. The van der Waals surface area contributed by atoms with Gasteiger partial charge in [-0.3, -0.25) is 0 Å². The van der Waals surface area contributed by atoms with Crippen molar-refractivity contribution in [2.24, 2.45) is 11.1 Å². The number of nitrogens with zero attached hydrogens (tertiary/aromatic N) is 5. The van der Waals surface area contributed by atoms with Crippen LogP contribution in [0.4, 0.5) is 9.18 Å². The van der Waals surface area contributed by atoms with Gasteiger partial charge >= 0.3 is 6.03 Å². The number of hydrogen-bond donors (Lipinski definition) is 1. The molecule has 1 aliphatic heterocycles. The third-order valence-corrected chi connectivity index (χ3v) is 9.79. The number of benzene rings is 2. The van der Waals surface area contributed by atoms with E-state index in [9.17, 15) is 13.2 Å². The number of carbonyl (C=O) groups excluding carboxylic acids is 1. The van der Waals surface area contributed by atoms with Crippen LogP contribution in [0.15, 0.2) is 66.9 Å². The summed E-state index contributed by atoms with van der Waals surface area (Å²) >= 11 is 0. The number of piperazine rings is 1. The lowest BCUT2D eigenvalue weighted by Crippen LogP contribution is -2.57. The topological polar surface area (TPSA) is 105 Å². The molecular weight excluding hydrogens is 567 g/mol. The van der Waals surface area contributed by atoms with Gasteiger partial charge in [0.05, 0.1) is 24.0 Å². The van der Waals surface area contributed by atoms with Gasteiger partial charge in [-0.2, -0.15) is 4.31 Å². The molecule has 1 aliphatic rings. The van der Waals surface area contributed by atoms with Crippen molar-refractivity contribution in [3.8, 4) is 11.3 Å². The highest BCUT2D eigenvalue weighted by Gasteiger charge is 2.41. The molecule has 0 spiro atoms. The van der Waals surface area contributed by atoms with E-state index in [1.54, 1.807) is 9.80 Å². The van der Waals surface area contributed by atoms with Gasteiger partial charge in [0.15, 0.2) is 0 Å². The second-order valence-electron chi connectivity index (χ2n) is 12.2. The minimum absolute atomic E-state index is 0.0764. The highest BCUT2D eigenvalue weighted by Crippen LogP contribution is 2.40. The van der Waals surface area contributed by atoms with Crippen LogP contribution >= 0.6 is 0 Å². The lowest BCUT2D eigenvalue weighted by molar-refractivity contribution is 0.0615. The molecule has 43 heavy (non-hydrogen) atoms. The Hall–Kier alpha value is -3.28. The summed E-state index contributed by atoms with van der Waals surface area (Å²) < 4.78 is 43.9. The summed E-state index contributed by atoms with van der Waals surface area (Å²) in [5.41, 5.74) is 7.97. The van der Waals surface area contributed by atoms with Crippen molar-refractivity contribution in [1.82, 2.24) is 23.7 Å². The zero-order valence-electron chi connectivity index (χ0n) is 25.7. The van der Waals surface area contributed by atoms with Crippen molar-refractivity contribution in [2.75, 3.05) is 45.0 Å². The fourth-order valence-electron chi connectivity index (χ4n) is 5.61. The minimum Gasteiger partial charge on any atom is -0.328 e. The molecule has 2 N–H and O–H groups in total. The van der Waals surface area contributed by atoms with Crippen LogP contribution in [0.1, 0.15) is 51.5 Å². The van der Waals surface area contributed by atoms with Crippen LogP contribution in [0.25, 0.3) is 11.3 Å². The average molecular weight is 613 g/mol. The van der Waals surface area contributed by atoms with Crippen molar-refractivity contribution in [1.29, 1.82) is 0 Å². The summed E-state index contributed by atoms with van der Waals surface area (Å²) in [7, 11) is -3.38. The Balaban J connectivity index is 1.75. The fourth-order valence-corrected chi connectivity index (χ4v) is 7.10. The summed E-state index contributed by atoms with van der Waals surface area (Å²) in [5.74, 6) is 0.726. The molecule has 0 saturated carbocycles. The highest BCUT2D eigenvalue weighted by molar-refractivity contribution is 7.89. The Morgan fingerprint density at radius 1 is 1.02 bits per heavy atom. The number of aromatic nitrogens is 2. The smallest absolute Gasteiger partial charge is 0.320 e. The van der Waals surface area contributed by atoms with Crippen LogP contribution in [-0.4, -0.2) is 89.3 Å². The van der Waals surface area contributed by atoms with Gasteiger partial charge in [-0.15, -0.1) is 0 Å². The standard InChI is InChI=1S/C32H45FN6O3S/c1-5-20-43(41,42)38-18-16-36(17-19-38)31(40)39(23-27(33)21-34)29(32(2,3)4)30-35-28(26-14-10-7-11-15-26)24-37(30)22-25-12-8-6-9-13-25/h6-15,24,27,29H,5,16-23,34H2,1-4H3. The number of hydrogen-bond acceptors (Lipinski definition) is 5. The van der Waals surface area contributed by atoms with Gasteiger partial charge in [-0.05, 0) is 17.4 Å². The second-order valence-corrected chi connectivity index (χ2v) is 14.3. The molecule has 0 aliphatic carbocycles. The van der Waals surface area contributed by atoms with Crippen molar-refractivity contribution in [2.45, 2.75) is 52.9 Å². The van der Waals surface area contributed by atoms with E-state index in [0.717, 1.165) is 16.8 Å². The summed E-state index contributed by atoms with van der Waals surface area (Å²) in [6, 6.07) is 18.9. The van der Waals surface area contributed by atoms with Crippen molar-refractivity contribution in [3.05, 3.63) is 78.2 Å². The van der Waals surface area contributed by atoms with Gasteiger partial charge in [0.1, 0.15) is 12.0 Å². The molecule has 0 radical (unpaired) electrons. The number of halogens is 1. The van der Waals surface area contributed by atoms with E-state index in [1.807, 2.05) is 94.6 Å². The number of urea groups is 1. The van der Waals surface area contributed by atoms with Crippen molar-refractivity contribution in [3.63, 3.8) is 0 Å². The Morgan fingerprint density at radius 2 is 1.63 bits per heavy atom. The summed E-state index contributed by atoms with van der Waals surface area (Å²) in [4.78, 5) is 22.6. The van der Waals surface area contributed by atoms with Crippen molar-refractivity contribution >= 4 is 16.1 Å². The maximum Gasteiger partial charge on any atom is 0.320 e.